The Bertz CT molecular complexity index is 3300. The Morgan fingerprint density at radius 3 is 1.02 bits per heavy atom. The molecule has 0 amide bonds. The van der Waals surface area contributed by atoms with E-state index in [4.69, 9.17) is 9.47 Å². The smallest absolute Gasteiger partial charge is 0.132 e. The summed E-state index contributed by atoms with van der Waals surface area (Å²) in [6.45, 7) is 0. The van der Waals surface area contributed by atoms with Crippen LogP contribution in [0.25, 0.3) is 33.4 Å². The second-order valence-corrected chi connectivity index (χ2v) is 17.4. The van der Waals surface area contributed by atoms with Crippen molar-refractivity contribution in [2.24, 2.45) is 0 Å². The summed E-state index contributed by atoms with van der Waals surface area (Å²) >= 11 is 0. The number of hydrogen-bond acceptors (Lipinski definition) is 3. The van der Waals surface area contributed by atoms with Crippen molar-refractivity contribution in [3.8, 4) is 56.4 Å². The lowest BCUT2D eigenvalue weighted by Gasteiger charge is -2.40. The fraction of sp³-hybridized carbons (Fsp3) is 0.0323. The molecular weight excluding hydrogens is 791 g/mol. The molecule has 10 aromatic carbocycles. The van der Waals surface area contributed by atoms with E-state index in [-0.39, 0.29) is 0 Å². The Morgan fingerprint density at radius 1 is 0.246 bits per heavy atom. The van der Waals surface area contributed by atoms with Crippen molar-refractivity contribution >= 4 is 17.1 Å². The number of benzene rings is 10. The third kappa shape index (κ3) is 4.69. The van der Waals surface area contributed by atoms with Crippen molar-refractivity contribution in [1.29, 1.82) is 0 Å². The van der Waals surface area contributed by atoms with Gasteiger partial charge in [-0.2, -0.15) is 0 Å². The molecule has 0 saturated carbocycles. The summed E-state index contributed by atoms with van der Waals surface area (Å²) in [4.78, 5) is 2.57. The third-order valence-corrected chi connectivity index (χ3v) is 14.4. The standard InChI is InChI=1S/C62H39NO2/c1-2-20-40(21-3-1)41-22-6-13-33-52(41)63(53-34-18-31-50-59(53)42-23-4-7-25-44(42)61(50)46-27-9-14-36-55(46)64-56-37-15-10-28-47(56)61)54-35-19-32-51-60(54)43-24-5-8-26-45(43)62(51)48-29-11-16-38-57(48)65-58-39-17-12-30-49(58)62/h1-39H. The number of nitrogens with zero attached hydrogens (tertiary/aromatic N) is 1. The minimum atomic E-state index is -0.622. The normalized spacial score (nSPS) is 14.3. The molecule has 0 fully saturated rings. The van der Waals surface area contributed by atoms with E-state index in [1.165, 1.54) is 44.5 Å². The maximum absolute atomic E-state index is 6.74. The first kappa shape index (κ1) is 36.1. The minimum absolute atomic E-state index is 0.622. The highest BCUT2D eigenvalue weighted by Crippen LogP contribution is 2.67. The topological polar surface area (TPSA) is 21.7 Å². The van der Waals surface area contributed by atoms with Crippen LogP contribution in [0, 0.1) is 0 Å². The van der Waals surface area contributed by atoms with Gasteiger partial charge in [-0.05, 0) is 81.4 Å². The van der Waals surface area contributed by atoms with Crippen LogP contribution in [0.2, 0.25) is 0 Å². The first-order chi connectivity index (χ1) is 32.3. The molecule has 0 radical (unpaired) electrons. The highest BCUT2D eigenvalue weighted by molar-refractivity contribution is 6.05. The van der Waals surface area contributed by atoms with Crippen molar-refractivity contribution in [3.63, 3.8) is 0 Å². The molecule has 2 aliphatic heterocycles. The van der Waals surface area contributed by atoms with Crippen molar-refractivity contribution in [2.75, 3.05) is 4.90 Å². The van der Waals surface area contributed by atoms with Crippen LogP contribution in [0.15, 0.2) is 237 Å². The lowest BCUT2D eigenvalue weighted by atomic mass is 9.66. The Morgan fingerprint density at radius 2 is 0.569 bits per heavy atom. The van der Waals surface area contributed by atoms with Crippen molar-refractivity contribution in [2.45, 2.75) is 10.8 Å². The van der Waals surface area contributed by atoms with Gasteiger partial charge in [-0.25, -0.2) is 0 Å². The van der Waals surface area contributed by atoms with Gasteiger partial charge in [0.05, 0.1) is 27.9 Å². The Kier molecular flexibility index (Phi) is 7.53. The van der Waals surface area contributed by atoms with Crippen molar-refractivity contribution in [1.82, 2.24) is 0 Å². The number of anilines is 3. The average molecular weight is 830 g/mol. The maximum Gasteiger partial charge on any atom is 0.132 e. The van der Waals surface area contributed by atoms with Gasteiger partial charge in [-0.3, -0.25) is 0 Å². The van der Waals surface area contributed by atoms with Crippen LogP contribution < -0.4 is 14.4 Å². The Labute approximate surface area is 378 Å². The summed E-state index contributed by atoms with van der Waals surface area (Å²) in [7, 11) is 0. The summed E-state index contributed by atoms with van der Waals surface area (Å²) in [6.07, 6.45) is 0. The molecule has 0 bridgehead atoms. The van der Waals surface area contributed by atoms with Gasteiger partial charge in [0.2, 0.25) is 0 Å². The van der Waals surface area contributed by atoms with E-state index < -0.39 is 10.8 Å². The van der Waals surface area contributed by atoms with Crippen LogP contribution in [-0.2, 0) is 10.8 Å². The molecule has 2 spiro atoms. The van der Waals surface area contributed by atoms with E-state index in [2.05, 4.69) is 241 Å². The van der Waals surface area contributed by atoms with E-state index in [1.807, 2.05) is 0 Å². The molecule has 3 nitrogen and oxygen atoms in total. The molecule has 65 heavy (non-hydrogen) atoms. The van der Waals surface area contributed by atoms with Crippen molar-refractivity contribution < 1.29 is 9.47 Å². The minimum Gasteiger partial charge on any atom is -0.457 e. The molecule has 0 aromatic heterocycles. The summed E-state index contributed by atoms with van der Waals surface area (Å²) in [6, 6.07) is 86.2. The fourth-order valence-electron chi connectivity index (χ4n) is 12.1. The zero-order valence-corrected chi connectivity index (χ0v) is 35.3. The fourth-order valence-corrected chi connectivity index (χ4v) is 12.1. The average Bonchev–Trinajstić information content (AvgIpc) is 3.84. The summed E-state index contributed by atoms with van der Waals surface area (Å²) in [5.41, 5.74) is 18.8. The summed E-state index contributed by atoms with van der Waals surface area (Å²) in [5, 5.41) is 0. The van der Waals surface area contributed by atoms with Gasteiger partial charge in [-0.1, -0.05) is 194 Å². The van der Waals surface area contributed by atoms with Crippen LogP contribution in [0.4, 0.5) is 17.1 Å². The second-order valence-electron chi connectivity index (χ2n) is 17.4. The van der Waals surface area contributed by atoms with E-state index >= 15 is 0 Å². The molecule has 304 valence electrons. The van der Waals surface area contributed by atoms with Gasteiger partial charge in [0.15, 0.2) is 0 Å². The lowest BCUT2D eigenvalue weighted by Crippen LogP contribution is -2.32. The van der Waals surface area contributed by atoms with Gasteiger partial charge in [0.1, 0.15) is 23.0 Å². The van der Waals surface area contributed by atoms with Gasteiger partial charge in [0.25, 0.3) is 0 Å². The zero-order valence-electron chi connectivity index (χ0n) is 35.3. The molecule has 2 aliphatic carbocycles. The van der Waals surface area contributed by atoms with Gasteiger partial charge in [0, 0.05) is 38.9 Å². The largest absolute Gasteiger partial charge is 0.457 e. The maximum atomic E-state index is 6.74. The SMILES string of the molecule is c1ccc(-c2ccccc2N(c2cccc3c2-c2ccccc2C32c3ccccc3Oc3ccccc32)c2cccc3c2-c2ccccc2C32c3ccccc3Oc3ccccc32)cc1. The van der Waals surface area contributed by atoms with E-state index in [0.29, 0.717) is 0 Å². The molecule has 14 rings (SSSR count). The van der Waals surface area contributed by atoms with Gasteiger partial charge < -0.3 is 14.4 Å². The molecule has 0 unspecified atom stereocenters. The lowest BCUT2D eigenvalue weighted by molar-refractivity contribution is 0.436. The van der Waals surface area contributed by atoms with Crippen LogP contribution >= 0.6 is 0 Å². The van der Waals surface area contributed by atoms with Crippen molar-refractivity contribution in [3.05, 3.63) is 281 Å². The molecular formula is C62H39NO2. The first-order valence-electron chi connectivity index (χ1n) is 22.4. The van der Waals surface area contributed by atoms with Crippen LogP contribution in [0.1, 0.15) is 44.5 Å². The van der Waals surface area contributed by atoms with Crippen LogP contribution in [-0.4, -0.2) is 0 Å². The highest BCUT2D eigenvalue weighted by Gasteiger charge is 2.54. The summed E-state index contributed by atoms with van der Waals surface area (Å²) < 4.78 is 13.5. The quantitative estimate of drug-likeness (QED) is 0.176. The predicted octanol–water partition coefficient (Wildman–Crippen LogP) is 15.8. The third-order valence-electron chi connectivity index (χ3n) is 14.4. The Hall–Kier alpha value is -8.40. The molecule has 0 N–H and O–H groups in total. The van der Waals surface area contributed by atoms with Gasteiger partial charge in [-0.15, -0.1) is 0 Å². The highest BCUT2D eigenvalue weighted by atomic mass is 16.5. The van der Waals surface area contributed by atoms with Crippen LogP contribution in [0.5, 0.6) is 23.0 Å². The summed E-state index contributed by atoms with van der Waals surface area (Å²) in [5.74, 6) is 3.52. The zero-order chi connectivity index (χ0) is 42.7. The Balaban J connectivity index is 1.13. The van der Waals surface area contributed by atoms with E-state index in [0.717, 1.165) is 73.4 Å². The second kappa shape index (κ2) is 13.6. The predicted molar refractivity (Wildman–Crippen MR) is 261 cm³/mol. The monoisotopic (exact) mass is 829 g/mol. The molecule has 0 saturated heterocycles. The number of ether oxygens (including phenoxy) is 2. The molecule has 4 aliphatic rings. The molecule has 10 aromatic rings. The van der Waals surface area contributed by atoms with E-state index in [1.54, 1.807) is 0 Å². The van der Waals surface area contributed by atoms with Crippen LogP contribution in [0.3, 0.4) is 0 Å². The number of hydrogen-bond donors (Lipinski definition) is 0. The number of rotatable bonds is 4. The van der Waals surface area contributed by atoms with E-state index in [9.17, 15) is 0 Å². The van der Waals surface area contributed by atoms with Gasteiger partial charge >= 0.3 is 0 Å². The molecule has 2 heterocycles. The molecule has 3 heteroatoms. The first-order valence-corrected chi connectivity index (χ1v) is 22.4. The molecule has 0 atom stereocenters. The number of fused-ring (bicyclic) bond motifs is 18. The number of para-hydroxylation sites is 5.